The van der Waals surface area contributed by atoms with E-state index in [9.17, 15) is 13.2 Å². The van der Waals surface area contributed by atoms with Crippen LogP contribution in [0.4, 0.5) is 5.69 Å². The fourth-order valence-electron chi connectivity index (χ4n) is 4.10. The van der Waals surface area contributed by atoms with Gasteiger partial charge in [0.05, 0.1) is 4.90 Å². The molecule has 0 heterocycles. The van der Waals surface area contributed by atoms with Crippen LogP contribution in [0.5, 0.6) is 0 Å². The van der Waals surface area contributed by atoms with Crippen molar-refractivity contribution in [2.24, 2.45) is 0 Å². The third-order valence-corrected chi connectivity index (χ3v) is 7.28. The van der Waals surface area contributed by atoms with Crippen LogP contribution in [-0.2, 0) is 21.2 Å². The van der Waals surface area contributed by atoms with Gasteiger partial charge in [-0.15, -0.1) is 0 Å². The predicted molar refractivity (Wildman–Crippen MR) is 129 cm³/mol. The Balaban J connectivity index is 1.97. The highest BCUT2D eigenvalue weighted by molar-refractivity contribution is 7.89. The first-order chi connectivity index (χ1) is 15.1. The molecule has 0 saturated heterocycles. The zero-order chi connectivity index (χ0) is 23.5. The molecule has 3 rings (SSSR count). The Morgan fingerprint density at radius 2 is 1.38 bits per heavy atom. The molecule has 0 radical (unpaired) electrons. The molecule has 0 bridgehead atoms. The van der Waals surface area contributed by atoms with Crippen molar-refractivity contribution in [2.45, 2.75) is 52.0 Å². The van der Waals surface area contributed by atoms with Crippen molar-refractivity contribution < 1.29 is 13.2 Å². The van der Waals surface area contributed by atoms with Gasteiger partial charge in [-0.25, -0.2) is 8.42 Å². The quantitative estimate of drug-likeness (QED) is 0.545. The summed E-state index contributed by atoms with van der Waals surface area (Å²) in [6.07, 6.45) is 0.237. The minimum atomic E-state index is -3.93. The third-order valence-electron chi connectivity index (χ3n) is 5.50. The average molecular weight is 451 g/mol. The Morgan fingerprint density at radius 1 is 0.812 bits per heavy atom. The molecule has 0 fully saturated rings. The maximum absolute atomic E-state index is 13.4. The average Bonchev–Trinajstić information content (AvgIpc) is 2.69. The van der Waals surface area contributed by atoms with E-state index in [1.54, 1.807) is 13.8 Å². The molecule has 0 aliphatic rings. The number of benzene rings is 3. The number of para-hydroxylation sites is 1. The molecular formula is C26H30N2O3S. The van der Waals surface area contributed by atoms with Crippen molar-refractivity contribution in [3.05, 3.63) is 94.0 Å². The topological polar surface area (TPSA) is 75.3 Å². The summed E-state index contributed by atoms with van der Waals surface area (Å²) in [5, 5.41) is 2.95. The van der Waals surface area contributed by atoms with Gasteiger partial charge >= 0.3 is 0 Å². The second-order valence-corrected chi connectivity index (χ2v) is 10.00. The highest BCUT2D eigenvalue weighted by Gasteiger charge is 2.29. The van der Waals surface area contributed by atoms with E-state index in [1.165, 1.54) is 0 Å². The number of carbonyl (C=O) groups excluding carboxylic acids is 1. The highest BCUT2D eigenvalue weighted by atomic mass is 32.2. The predicted octanol–water partition coefficient (Wildman–Crippen LogP) is 4.76. The standard InChI is InChI=1S/C26H30N2O3S/c1-17-14-20(4)25(21(5)15-17)32(30,31)28-23(16-22-12-7-6-8-13-22)26(29)27-24-18(2)10-9-11-19(24)3/h6-15,23,28H,16H2,1-5H3,(H,27,29). The number of aryl methyl sites for hydroxylation is 5. The van der Waals surface area contributed by atoms with Gasteiger partial charge in [0.2, 0.25) is 15.9 Å². The van der Waals surface area contributed by atoms with Crippen LogP contribution in [0.2, 0.25) is 0 Å². The summed E-state index contributed by atoms with van der Waals surface area (Å²) >= 11 is 0. The smallest absolute Gasteiger partial charge is 0.242 e. The van der Waals surface area contributed by atoms with Gasteiger partial charge in [0.15, 0.2) is 0 Å². The number of rotatable bonds is 7. The third kappa shape index (κ3) is 5.44. The summed E-state index contributed by atoms with van der Waals surface area (Å²) < 4.78 is 29.4. The van der Waals surface area contributed by atoms with Gasteiger partial charge < -0.3 is 5.32 Å². The first-order valence-corrected chi connectivity index (χ1v) is 12.1. The first-order valence-electron chi connectivity index (χ1n) is 10.6. The molecule has 0 spiro atoms. The molecule has 0 aliphatic heterocycles. The lowest BCUT2D eigenvalue weighted by atomic mass is 10.0. The van der Waals surface area contributed by atoms with Crippen molar-refractivity contribution in [3.63, 3.8) is 0 Å². The van der Waals surface area contributed by atoms with Gasteiger partial charge in [0.1, 0.15) is 6.04 Å². The van der Waals surface area contributed by atoms with Crippen molar-refractivity contribution in [1.29, 1.82) is 0 Å². The Morgan fingerprint density at radius 3 is 1.94 bits per heavy atom. The van der Waals surface area contributed by atoms with Crippen LogP contribution < -0.4 is 10.0 Å². The van der Waals surface area contributed by atoms with E-state index in [0.717, 1.165) is 22.3 Å². The van der Waals surface area contributed by atoms with Crippen LogP contribution >= 0.6 is 0 Å². The Labute approximate surface area is 190 Å². The summed E-state index contributed by atoms with van der Waals surface area (Å²) in [6.45, 7) is 9.31. The molecule has 5 nitrogen and oxygen atoms in total. The maximum Gasteiger partial charge on any atom is 0.242 e. The number of sulfonamides is 1. The first kappa shape index (κ1) is 23.7. The number of carbonyl (C=O) groups is 1. The minimum Gasteiger partial charge on any atom is -0.324 e. The van der Waals surface area contributed by atoms with E-state index in [2.05, 4.69) is 10.0 Å². The van der Waals surface area contributed by atoms with Gasteiger partial charge in [0.25, 0.3) is 0 Å². The molecular weight excluding hydrogens is 420 g/mol. The maximum atomic E-state index is 13.4. The molecule has 3 aromatic rings. The summed E-state index contributed by atoms with van der Waals surface area (Å²) in [7, 11) is -3.93. The number of anilines is 1. The van der Waals surface area contributed by atoms with E-state index in [0.29, 0.717) is 16.8 Å². The van der Waals surface area contributed by atoms with Crippen LogP contribution in [0, 0.1) is 34.6 Å². The normalized spacial score (nSPS) is 12.4. The van der Waals surface area contributed by atoms with Crippen LogP contribution in [0.1, 0.15) is 33.4 Å². The molecule has 1 atom stereocenters. The molecule has 6 heteroatoms. The van der Waals surface area contributed by atoms with Crippen molar-refractivity contribution >= 4 is 21.6 Å². The molecule has 1 unspecified atom stereocenters. The van der Waals surface area contributed by atoms with E-state index >= 15 is 0 Å². The second kappa shape index (κ2) is 9.67. The molecule has 0 aliphatic carbocycles. The summed E-state index contributed by atoms with van der Waals surface area (Å²) in [5.74, 6) is -0.391. The van der Waals surface area contributed by atoms with Crippen molar-refractivity contribution in [1.82, 2.24) is 4.72 Å². The molecule has 2 N–H and O–H groups in total. The molecule has 0 saturated carbocycles. The van der Waals surface area contributed by atoms with Gasteiger partial charge in [-0.05, 0) is 68.9 Å². The lowest BCUT2D eigenvalue weighted by Gasteiger charge is -2.21. The lowest BCUT2D eigenvalue weighted by Crippen LogP contribution is -2.45. The van der Waals surface area contributed by atoms with Crippen LogP contribution in [0.3, 0.4) is 0 Å². The number of amides is 1. The minimum absolute atomic E-state index is 0.223. The molecule has 1 amide bonds. The summed E-state index contributed by atoms with van der Waals surface area (Å²) in [4.78, 5) is 13.5. The fraction of sp³-hybridized carbons (Fsp3) is 0.269. The van der Waals surface area contributed by atoms with E-state index < -0.39 is 22.0 Å². The largest absolute Gasteiger partial charge is 0.324 e. The van der Waals surface area contributed by atoms with Gasteiger partial charge in [0, 0.05) is 5.69 Å². The number of hydrogen-bond acceptors (Lipinski definition) is 3. The van der Waals surface area contributed by atoms with Crippen molar-refractivity contribution in [2.75, 3.05) is 5.32 Å². The number of nitrogens with one attached hydrogen (secondary N) is 2. The lowest BCUT2D eigenvalue weighted by molar-refractivity contribution is -0.117. The van der Waals surface area contributed by atoms with Gasteiger partial charge in [-0.3, -0.25) is 4.79 Å². The van der Waals surface area contributed by atoms with Crippen LogP contribution in [-0.4, -0.2) is 20.4 Å². The number of hydrogen-bond donors (Lipinski definition) is 2. The van der Waals surface area contributed by atoms with Gasteiger partial charge in [-0.1, -0.05) is 66.2 Å². The van der Waals surface area contributed by atoms with Gasteiger partial charge in [-0.2, -0.15) is 4.72 Å². The Kier molecular flexibility index (Phi) is 7.16. The fourth-order valence-corrected chi connectivity index (χ4v) is 5.74. The van der Waals surface area contributed by atoms with E-state index in [4.69, 9.17) is 0 Å². The Hall–Kier alpha value is -2.96. The Bertz CT molecular complexity index is 1190. The zero-order valence-electron chi connectivity index (χ0n) is 19.2. The zero-order valence-corrected chi connectivity index (χ0v) is 20.0. The summed E-state index contributed by atoms with van der Waals surface area (Å²) in [6, 6.07) is 17.9. The van der Waals surface area contributed by atoms with Crippen LogP contribution in [0.15, 0.2) is 65.6 Å². The van der Waals surface area contributed by atoms with Crippen LogP contribution in [0.25, 0.3) is 0 Å². The molecule has 32 heavy (non-hydrogen) atoms. The highest BCUT2D eigenvalue weighted by Crippen LogP contribution is 2.23. The molecule has 168 valence electrons. The second-order valence-electron chi connectivity index (χ2n) is 8.35. The molecule has 0 aromatic heterocycles. The van der Waals surface area contributed by atoms with Crippen molar-refractivity contribution in [3.8, 4) is 0 Å². The SMILES string of the molecule is Cc1cc(C)c(S(=O)(=O)NC(Cc2ccccc2)C(=O)Nc2c(C)cccc2C)c(C)c1. The summed E-state index contributed by atoms with van der Waals surface area (Å²) in [5.41, 5.74) is 5.72. The van der Waals surface area contributed by atoms with E-state index in [-0.39, 0.29) is 11.3 Å². The van der Waals surface area contributed by atoms with E-state index in [1.807, 2.05) is 81.4 Å². The monoisotopic (exact) mass is 450 g/mol. The molecule has 3 aromatic carbocycles.